The summed E-state index contributed by atoms with van der Waals surface area (Å²) >= 11 is 5.56. The van der Waals surface area contributed by atoms with Crippen LogP contribution >= 0.6 is 12.2 Å². The molecule has 1 aliphatic carbocycles. The molecule has 110 valence electrons. The highest BCUT2D eigenvalue weighted by atomic mass is 32.1. The molecule has 4 nitrogen and oxygen atoms in total. The van der Waals surface area contributed by atoms with Crippen molar-refractivity contribution < 1.29 is 0 Å². The van der Waals surface area contributed by atoms with E-state index in [9.17, 15) is 0 Å². The number of rotatable bonds is 5. The predicted molar refractivity (Wildman–Crippen MR) is 84.4 cm³/mol. The Morgan fingerprint density at radius 1 is 1.40 bits per heavy atom. The van der Waals surface area contributed by atoms with Gasteiger partial charge in [-0.15, -0.1) is 0 Å². The second-order valence-electron chi connectivity index (χ2n) is 6.55. The Morgan fingerprint density at radius 3 is 2.65 bits per heavy atom. The fourth-order valence-corrected chi connectivity index (χ4v) is 3.48. The van der Waals surface area contributed by atoms with Gasteiger partial charge < -0.3 is 9.55 Å². The van der Waals surface area contributed by atoms with Gasteiger partial charge in [0, 0.05) is 13.6 Å². The number of aromatic amines is 1. The summed E-state index contributed by atoms with van der Waals surface area (Å²) in [5.74, 6) is 0.706. The van der Waals surface area contributed by atoms with E-state index in [1.165, 1.54) is 12.8 Å². The maximum atomic E-state index is 5.56. The lowest BCUT2D eigenvalue weighted by molar-refractivity contribution is 0.309. The van der Waals surface area contributed by atoms with E-state index in [-0.39, 0.29) is 0 Å². The number of aryl methyl sites for hydroxylation is 2. The Hall–Kier alpha value is -1.10. The van der Waals surface area contributed by atoms with Crippen LogP contribution in [0.1, 0.15) is 45.7 Å². The summed E-state index contributed by atoms with van der Waals surface area (Å²) in [6.45, 7) is 7.86. The molecule has 0 aromatic carbocycles. The molecule has 2 aromatic rings. The number of hydrogen-bond donors (Lipinski definition) is 1. The molecule has 0 bridgehead atoms. The van der Waals surface area contributed by atoms with Crippen molar-refractivity contribution in [3.63, 3.8) is 0 Å². The quantitative estimate of drug-likeness (QED) is 0.851. The normalized spacial score (nSPS) is 17.2. The summed E-state index contributed by atoms with van der Waals surface area (Å²) in [7, 11) is 2.02. The highest BCUT2D eigenvalue weighted by Crippen LogP contribution is 2.53. The SMILES string of the molecule is CCCc1nn(C)c2c1[nH]c(=S)n2CC1(C(C)C)CC1. The van der Waals surface area contributed by atoms with Gasteiger partial charge in [-0.2, -0.15) is 5.10 Å². The number of hydrogen-bond acceptors (Lipinski definition) is 2. The predicted octanol–water partition coefficient (Wildman–Crippen LogP) is 3.82. The van der Waals surface area contributed by atoms with E-state index in [1.807, 2.05) is 11.7 Å². The molecule has 1 saturated carbocycles. The Kier molecular flexibility index (Phi) is 3.27. The Balaban J connectivity index is 2.07. The first-order valence-corrected chi connectivity index (χ1v) is 8.03. The van der Waals surface area contributed by atoms with Crippen LogP contribution in [-0.2, 0) is 20.0 Å². The first-order valence-electron chi connectivity index (χ1n) is 7.63. The molecule has 20 heavy (non-hydrogen) atoms. The van der Waals surface area contributed by atoms with Crippen molar-refractivity contribution in [2.45, 2.75) is 53.0 Å². The van der Waals surface area contributed by atoms with Crippen molar-refractivity contribution in [1.29, 1.82) is 0 Å². The van der Waals surface area contributed by atoms with E-state index < -0.39 is 0 Å². The second-order valence-corrected chi connectivity index (χ2v) is 6.94. The van der Waals surface area contributed by atoms with E-state index >= 15 is 0 Å². The average Bonchev–Trinajstić information content (AvgIpc) is 3.02. The Bertz CT molecular complexity index is 685. The molecule has 0 spiro atoms. The van der Waals surface area contributed by atoms with Crippen molar-refractivity contribution in [3.05, 3.63) is 10.5 Å². The zero-order chi connectivity index (χ0) is 14.5. The highest BCUT2D eigenvalue weighted by Gasteiger charge is 2.46. The molecule has 0 radical (unpaired) electrons. The van der Waals surface area contributed by atoms with Crippen molar-refractivity contribution in [2.24, 2.45) is 18.4 Å². The molecule has 2 heterocycles. The van der Waals surface area contributed by atoms with Gasteiger partial charge in [0.25, 0.3) is 0 Å². The number of aromatic nitrogens is 4. The van der Waals surface area contributed by atoms with Crippen LogP contribution in [-0.4, -0.2) is 19.3 Å². The number of H-pyrrole nitrogens is 1. The lowest BCUT2D eigenvalue weighted by Crippen LogP contribution is -2.18. The monoisotopic (exact) mass is 292 g/mol. The van der Waals surface area contributed by atoms with Gasteiger partial charge in [-0.3, -0.25) is 4.68 Å². The standard InChI is InChI=1S/C15H24N4S/c1-5-6-11-12-13(18(4)17-11)19(14(20)16-12)9-15(7-8-15)10(2)3/h10H,5-9H2,1-4H3,(H,16,20). The molecule has 0 aliphatic heterocycles. The van der Waals surface area contributed by atoms with E-state index in [0.717, 1.165) is 41.0 Å². The fourth-order valence-electron chi connectivity index (χ4n) is 3.23. The molecule has 0 amide bonds. The van der Waals surface area contributed by atoms with Gasteiger partial charge in [-0.25, -0.2) is 0 Å². The lowest BCUT2D eigenvalue weighted by Gasteiger charge is -2.20. The summed E-state index contributed by atoms with van der Waals surface area (Å²) in [6.07, 6.45) is 4.74. The van der Waals surface area contributed by atoms with Crippen LogP contribution in [0.2, 0.25) is 0 Å². The first kappa shape index (κ1) is 13.9. The summed E-state index contributed by atoms with van der Waals surface area (Å²) in [5, 5.41) is 4.65. The molecule has 2 aromatic heterocycles. The minimum absolute atomic E-state index is 0.447. The third kappa shape index (κ3) is 2.03. The maximum absolute atomic E-state index is 5.56. The van der Waals surface area contributed by atoms with Crippen molar-refractivity contribution in [3.8, 4) is 0 Å². The summed E-state index contributed by atoms with van der Waals surface area (Å²) < 4.78 is 5.10. The van der Waals surface area contributed by atoms with Gasteiger partial charge in [-0.05, 0) is 42.8 Å². The average molecular weight is 292 g/mol. The van der Waals surface area contributed by atoms with Crippen LogP contribution in [0.5, 0.6) is 0 Å². The maximum Gasteiger partial charge on any atom is 0.179 e. The number of imidazole rings is 1. The number of fused-ring (bicyclic) bond motifs is 1. The molecular weight excluding hydrogens is 268 g/mol. The smallest absolute Gasteiger partial charge is 0.179 e. The van der Waals surface area contributed by atoms with Crippen molar-refractivity contribution >= 4 is 23.4 Å². The van der Waals surface area contributed by atoms with Crippen molar-refractivity contribution in [2.75, 3.05) is 0 Å². The van der Waals surface area contributed by atoms with Gasteiger partial charge in [0.1, 0.15) is 5.52 Å². The molecule has 1 fully saturated rings. The molecule has 0 saturated heterocycles. The summed E-state index contributed by atoms with van der Waals surface area (Å²) in [6, 6.07) is 0. The van der Waals surface area contributed by atoms with E-state index in [0.29, 0.717) is 11.3 Å². The molecule has 1 aliphatic rings. The molecule has 5 heteroatoms. The number of nitrogens with one attached hydrogen (secondary N) is 1. The topological polar surface area (TPSA) is 38.5 Å². The first-order chi connectivity index (χ1) is 9.48. The van der Waals surface area contributed by atoms with Gasteiger partial charge in [0.15, 0.2) is 10.4 Å². The van der Waals surface area contributed by atoms with Crippen LogP contribution in [0.3, 0.4) is 0 Å². The zero-order valence-electron chi connectivity index (χ0n) is 12.9. The molecule has 1 N–H and O–H groups in total. The minimum atomic E-state index is 0.447. The Labute approximate surface area is 125 Å². The van der Waals surface area contributed by atoms with Crippen LogP contribution < -0.4 is 0 Å². The van der Waals surface area contributed by atoms with Gasteiger partial charge in [0.2, 0.25) is 0 Å². The summed E-state index contributed by atoms with van der Waals surface area (Å²) in [5.41, 5.74) is 3.89. The third-order valence-electron chi connectivity index (χ3n) is 4.90. The minimum Gasteiger partial charge on any atom is -0.328 e. The Morgan fingerprint density at radius 2 is 2.10 bits per heavy atom. The molecule has 0 atom stereocenters. The second kappa shape index (κ2) is 4.72. The highest BCUT2D eigenvalue weighted by molar-refractivity contribution is 7.71. The van der Waals surface area contributed by atoms with Gasteiger partial charge >= 0.3 is 0 Å². The van der Waals surface area contributed by atoms with Crippen LogP contribution in [0.4, 0.5) is 0 Å². The molecule has 0 unspecified atom stereocenters. The fraction of sp³-hybridized carbons (Fsp3) is 0.733. The van der Waals surface area contributed by atoms with E-state index in [4.69, 9.17) is 12.2 Å². The lowest BCUT2D eigenvalue weighted by atomic mass is 9.92. The molecular formula is C15H24N4S. The van der Waals surface area contributed by atoms with Crippen LogP contribution in [0, 0.1) is 16.1 Å². The number of nitrogens with zero attached hydrogens (tertiary/aromatic N) is 3. The van der Waals surface area contributed by atoms with E-state index in [2.05, 4.69) is 35.4 Å². The zero-order valence-corrected chi connectivity index (χ0v) is 13.7. The van der Waals surface area contributed by atoms with Gasteiger partial charge in [-0.1, -0.05) is 27.2 Å². The van der Waals surface area contributed by atoms with Crippen LogP contribution in [0.25, 0.3) is 11.2 Å². The molecule has 3 rings (SSSR count). The van der Waals surface area contributed by atoms with E-state index in [1.54, 1.807) is 0 Å². The largest absolute Gasteiger partial charge is 0.328 e. The summed E-state index contributed by atoms with van der Waals surface area (Å²) in [4.78, 5) is 3.39. The van der Waals surface area contributed by atoms with Crippen molar-refractivity contribution in [1.82, 2.24) is 19.3 Å². The van der Waals surface area contributed by atoms with Crippen LogP contribution in [0.15, 0.2) is 0 Å². The van der Waals surface area contributed by atoms with Gasteiger partial charge in [0.05, 0.1) is 5.69 Å². The third-order valence-corrected chi connectivity index (χ3v) is 5.22.